The van der Waals surface area contributed by atoms with Crippen molar-refractivity contribution in [2.24, 2.45) is 0 Å². The van der Waals surface area contributed by atoms with Crippen LogP contribution in [-0.2, 0) is 0 Å². The van der Waals surface area contributed by atoms with Gasteiger partial charge in [-0.2, -0.15) is 0 Å². The van der Waals surface area contributed by atoms with Crippen LogP contribution < -0.4 is 10.6 Å². The quantitative estimate of drug-likeness (QED) is 0.626. The second-order valence-electron chi connectivity index (χ2n) is 6.61. The molecule has 0 bridgehead atoms. The Bertz CT molecular complexity index is 866. The standard InChI is InChI=1S/C21H23O3P/c1-16(2)18-13-14-21(20(15-18)17-9-5-3-6-10-17)25(22,23,24)19-11-7-4-8-12-19/h3-16,22-24H,1-2H3. The molecule has 0 amide bonds. The Hall–Kier alpha value is -2.03. The van der Waals surface area contributed by atoms with Crippen molar-refractivity contribution in [2.75, 3.05) is 0 Å². The summed E-state index contributed by atoms with van der Waals surface area (Å²) in [5.41, 5.74) is 2.55. The zero-order chi connectivity index (χ0) is 18.1. The Morgan fingerprint density at radius 1 is 0.720 bits per heavy atom. The SMILES string of the molecule is CC(C)c1ccc(P(O)(O)(O)c2ccccc2)c(-c2ccccc2)c1. The Morgan fingerprint density at radius 3 is 1.84 bits per heavy atom. The van der Waals surface area contributed by atoms with E-state index in [0.29, 0.717) is 5.56 Å². The third kappa shape index (κ3) is 3.37. The van der Waals surface area contributed by atoms with Gasteiger partial charge in [-0.1, -0.05) is 0 Å². The number of hydrogen-bond acceptors (Lipinski definition) is 3. The molecular formula is C21H23O3P. The normalized spacial score (nSPS) is 13.4. The Balaban J connectivity index is 2.29. The van der Waals surface area contributed by atoms with E-state index >= 15 is 0 Å². The number of benzene rings is 3. The monoisotopic (exact) mass is 354 g/mol. The van der Waals surface area contributed by atoms with Crippen molar-refractivity contribution in [2.45, 2.75) is 19.8 Å². The molecule has 3 aromatic rings. The molecule has 0 aliphatic heterocycles. The zero-order valence-corrected chi connectivity index (χ0v) is 15.3. The van der Waals surface area contributed by atoms with E-state index < -0.39 is 7.28 Å². The predicted octanol–water partition coefficient (Wildman–Crippen LogP) is 3.70. The molecule has 3 aromatic carbocycles. The van der Waals surface area contributed by atoms with E-state index in [4.69, 9.17) is 0 Å². The molecule has 4 heteroatoms. The third-order valence-electron chi connectivity index (χ3n) is 4.45. The van der Waals surface area contributed by atoms with Crippen molar-refractivity contribution in [1.29, 1.82) is 0 Å². The first-order chi connectivity index (χ1) is 11.8. The molecule has 130 valence electrons. The molecule has 0 heterocycles. The summed E-state index contributed by atoms with van der Waals surface area (Å²) in [6.45, 7) is 4.16. The Kier molecular flexibility index (Phi) is 4.52. The van der Waals surface area contributed by atoms with E-state index in [0.717, 1.165) is 11.1 Å². The van der Waals surface area contributed by atoms with Gasteiger partial charge in [0.15, 0.2) is 0 Å². The first-order valence-electron chi connectivity index (χ1n) is 8.30. The van der Waals surface area contributed by atoms with E-state index in [1.54, 1.807) is 36.4 Å². The summed E-state index contributed by atoms with van der Waals surface area (Å²) in [7, 11) is -5.23. The van der Waals surface area contributed by atoms with Crippen molar-refractivity contribution in [3.63, 3.8) is 0 Å². The van der Waals surface area contributed by atoms with Crippen molar-refractivity contribution in [3.8, 4) is 11.1 Å². The summed E-state index contributed by atoms with van der Waals surface area (Å²) in [6, 6.07) is 23.2. The van der Waals surface area contributed by atoms with Gasteiger partial charge in [0.2, 0.25) is 0 Å². The van der Waals surface area contributed by atoms with E-state index in [-0.39, 0.29) is 16.5 Å². The second kappa shape index (κ2) is 6.36. The van der Waals surface area contributed by atoms with Crippen LogP contribution in [0.15, 0.2) is 78.9 Å². The molecule has 0 unspecified atom stereocenters. The topological polar surface area (TPSA) is 60.7 Å². The molecule has 25 heavy (non-hydrogen) atoms. The summed E-state index contributed by atoms with van der Waals surface area (Å²) in [4.78, 5) is 33.1. The molecule has 0 atom stereocenters. The van der Waals surface area contributed by atoms with Gasteiger partial charge in [-0.25, -0.2) is 0 Å². The van der Waals surface area contributed by atoms with Gasteiger partial charge >= 0.3 is 148 Å². The van der Waals surface area contributed by atoms with E-state index in [2.05, 4.69) is 13.8 Å². The molecule has 3 N–H and O–H groups in total. The number of rotatable bonds is 4. The van der Waals surface area contributed by atoms with Crippen LogP contribution in [0.3, 0.4) is 0 Å². The van der Waals surface area contributed by atoms with Crippen molar-refractivity contribution in [3.05, 3.63) is 84.4 Å². The summed E-state index contributed by atoms with van der Waals surface area (Å²) in [5, 5.41) is 0.288. The predicted molar refractivity (Wildman–Crippen MR) is 105 cm³/mol. The van der Waals surface area contributed by atoms with Crippen LogP contribution in [0, 0.1) is 0 Å². The second-order valence-corrected chi connectivity index (χ2v) is 9.57. The molecule has 0 aliphatic carbocycles. The minimum atomic E-state index is -5.23. The molecular weight excluding hydrogens is 331 g/mol. The molecule has 0 aliphatic rings. The van der Waals surface area contributed by atoms with Gasteiger partial charge in [-0.3, -0.25) is 0 Å². The van der Waals surface area contributed by atoms with Gasteiger partial charge in [0, 0.05) is 0 Å². The molecule has 0 spiro atoms. The van der Waals surface area contributed by atoms with Crippen LogP contribution in [0.5, 0.6) is 0 Å². The first kappa shape index (κ1) is 17.8. The van der Waals surface area contributed by atoms with Gasteiger partial charge in [0.25, 0.3) is 0 Å². The van der Waals surface area contributed by atoms with Gasteiger partial charge in [-0.05, 0) is 0 Å². The maximum atomic E-state index is 11.0. The Labute approximate surface area is 148 Å². The molecule has 0 saturated heterocycles. The fourth-order valence-electron chi connectivity index (χ4n) is 2.96. The summed E-state index contributed by atoms with van der Waals surface area (Å²) >= 11 is 0. The summed E-state index contributed by atoms with van der Waals surface area (Å²) in [6.07, 6.45) is 0. The first-order valence-corrected chi connectivity index (χ1v) is 10.4. The van der Waals surface area contributed by atoms with Gasteiger partial charge in [0.05, 0.1) is 0 Å². The van der Waals surface area contributed by atoms with Crippen molar-refractivity contribution >= 4 is 17.9 Å². The number of hydrogen-bond donors (Lipinski definition) is 3. The minimum absolute atomic E-state index is 0.128. The van der Waals surface area contributed by atoms with Gasteiger partial charge in [0.1, 0.15) is 0 Å². The van der Waals surface area contributed by atoms with Crippen LogP contribution >= 0.6 is 7.28 Å². The zero-order valence-electron chi connectivity index (χ0n) is 14.4. The van der Waals surface area contributed by atoms with Crippen LogP contribution in [0.2, 0.25) is 0 Å². The average Bonchev–Trinajstić information content (AvgIpc) is 2.62. The fourth-order valence-corrected chi connectivity index (χ4v) is 4.95. The van der Waals surface area contributed by atoms with Crippen LogP contribution in [0.25, 0.3) is 11.1 Å². The molecule has 0 fully saturated rings. The maximum absolute atomic E-state index is 11.0. The van der Waals surface area contributed by atoms with Gasteiger partial charge < -0.3 is 0 Å². The molecule has 0 aromatic heterocycles. The Morgan fingerprint density at radius 2 is 1.28 bits per heavy atom. The van der Waals surface area contributed by atoms with E-state index in [1.165, 1.54) is 0 Å². The van der Waals surface area contributed by atoms with E-state index in [1.807, 2.05) is 42.5 Å². The van der Waals surface area contributed by atoms with Crippen LogP contribution in [-0.4, -0.2) is 14.7 Å². The molecule has 3 nitrogen and oxygen atoms in total. The average molecular weight is 354 g/mol. The molecule has 3 rings (SSSR count). The summed E-state index contributed by atoms with van der Waals surface area (Å²) in [5.74, 6) is 0.287. The van der Waals surface area contributed by atoms with E-state index in [9.17, 15) is 14.7 Å². The van der Waals surface area contributed by atoms with Gasteiger partial charge in [-0.15, -0.1) is 0 Å². The van der Waals surface area contributed by atoms with Crippen molar-refractivity contribution in [1.82, 2.24) is 0 Å². The summed E-state index contributed by atoms with van der Waals surface area (Å²) < 4.78 is 0. The van der Waals surface area contributed by atoms with Crippen LogP contribution in [0.1, 0.15) is 25.3 Å². The van der Waals surface area contributed by atoms with Crippen LogP contribution in [0.4, 0.5) is 0 Å². The fraction of sp³-hybridized carbons (Fsp3) is 0.143. The molecule has 0 radical (unpaired) electrons. The molecule has 0 saturated carbocycles. The van der Waals surface area contributed by atoms with Crippen molar-refractivity contribution < 1.29 is 14.7 Å². The third-order valence-corrected chi connectivity index (χ3v) is 6.97.